The molecule has 0 bridgehead atoms. The normalized spacial score (nSPS) is 10.2. The van der Waals surface area contributed by atoms with Crippen molar-refractivity contribution in [1.82, 2.24) is 10.2 Å². The Morgan fingerprint density at radius 1 is 1.45 bits per heavy atom. The van der Waals surface area contributed by atoms with Gasteiger partial charge in [-0.05, 0) is 18.4 Å². The van der Waals surface area contributed by atoms with Gasteiger partial charge in [-0.1, -0.05) is 29.2 Å². The van der Waals surface area contributed by atoms with Crippen LogP contribution in [0.4, 0.5) is 5.13 Å². The third kappa shape index (κ3) is 4.29. The fourth-order valence-corrected chi connectivity index (χ4v) is 3.37. The first kappa shape index (κ1) is 14.9. The average Bonchev–Trinajstić information content (AvgIpc) is 3.08. The van der Waals surface area contributed by atoms with E-state index in [1.165, 1.54) is 34.4 Å². The number of aromatic nitrogens is 2. The maximum Gasteiger partial charge on any atom is 0.316 e. The lowest BCUT2D eigenvalue weighted by molar-refractivity contribution is -0.139. The van der Waals surface area contributed by atoms with Crippen molar-refractivity contribution < 1.29 is 14.3 Å². The summed E-state index contributed by atoms with van der Waals surface area (Å²) in [5.41, 5.74) is 0. The van der Waals surface area contributed by atoms with Gasteiger partial charge in [-0.25, -0.2) is 0 Å². The Balaban J connectivity index is 1.86. The first-order valence-corrected chi connectivity index (χ1v) is 8.34. The predicted octanol–water partition coefficient (Wildman–Crippen LogP) is 2.51. The van der Waals surface area contributed by atoms with Crippen molar-refractivity contribution in [3.05, 3.63) is 22.4 Å². The molecule has 2 aromatic rings. The molecule has 9 heteroatoms. The molecule has 0 saturated heterocycles. The van der Waals surface area contributed by atoms with Crippen molar-refractivity contribution in [3.8, 4) is 0 Å². The van der Waals surface area contributed by atoms with Gasteiger partial charge in [0.05, 0.1) is 17.2 Å². The van der Waals surface area contributed by atoms with E-state index in [4.69, 9.17) is 4.74 Å². The summed E-state index contributed by atoms with van der Waals surface area (Å²) in [5.74, 6) is -0.323. The molecule has 2 aromatic heterocycles. The van der Waals surface area contributed by atoms with Crippen LogP contribution in [0.5, 0.6) is 0 Å². The summed E-state index contributed by atoms with van der Waals surface area (Å²) in [6.07, 6.45) is 0. The van der Waals surface area contributed by atoms with Gasteiger partial charge in [-0.3, -0.25) is 14.9 Å². The van der Waals surface area contributed by atoms with E-state index in [-0.39, 0.29) is 17.6 Å². The number of hydrogen-bond acceptors (Lipinski definition) is 8. The smallest absolute Gasteiger partial charge is 0.316 e. The maximum atomic E-state index is 11.8. The van der Waals surface area contributed by atoms with Crippen molar-refractivity contribution in [2.75, 3.05) is 17.7 Å². The number of nitrogens with zero attached hydrogens (tertiary/aromatic N) is 2. The summed E-state index contributed by atoms with van der Waals surface area (Å²) >= 11 is 3.81. The topological polar surface area (TPSA) is 81.2 Å². The van der Waals surface area contributed by atoms with Gasteiger partial charge in [0.2, 0.25) is 5.13 Å². The third-order valence-corrected chi connectivity index (χ3v) is 4.80. The largest absolute Gasteiger partial charge is 0.465 e. The van der Waals surface area contributed by atoms with Crippen molar-refractivity contribution in [2.24, 2.45) is 0 Å². The number of carbonyl (C=O) groups excluding carboxylic acids is 2. The van der Waals surface area contributed by atoms with Gasteiger partial charge in [-0.15, -0.1) is 21.5 Å². The van der Waals surface area contributed by atoms with Crippen LogP contribution in [0, 0.1) is 0 Å². The molecular formula is C11H11N3O3S3. The highest BCUT2D eigenvalue weighted by Gasteiger charge is 2.12. The first-order chi connectivity index (χ1) is 9.69. The van der Waals surface area contributed by atoms with Crippen LogP contribution in [-0.2, 0) is 9.53 Å². The molecule has 0 aliphatic rings. The standard InChI is InChI=1S/C11H11N3O3S3/c1-2-17-8(15)6-19-11-14-13-10(20-11)12-9(16)7-4-3-5-18-7/h3-5H,2,6H2,1H3,(H,12,13,16). The van der Waals surface area contributed by atoms with E-state index in [0.29, 0.717) is 21.0 Å². The Hall–Kier alpha value is -1.45. The monoisotopic (exact) mass is 329 g/mol. The Morgan fingerprint density at radius 2 is 2.30 bits per heavy atom. The van der Waals surface area contributed by atoms with Crippen molar-refractivity contribution in [3.63, 3.8) is 0 Å². The molecule has 0 aliphatic heterocycles. The molecule has 0 aromatic carbocycles. The number of carbonyl (C=O) groups is 2. The van der Waals surface area contributed by atoms with E-state index in [0.717, 1.165) is 0 Å². The number of thiophene rings is 1. The van der Waals surface area contributed by atoms with E-state index in [1.54, 1.807) is 19.1 Å². The van der Waals surface area contributed by atoms with E-state index in [9.17, 15) is 9.59 Å². The quantitative estimate of drug-likeness (QED) is 0.498. The Morgan fingerprint density at radius 3 is 3.00 bits per heavy atom. The van der Waals surface area contributed by atoms with Gasteiger partial charge in [0.1, 0.15) is 0 Å². The lowest BCUT2D eigenvalue weighted by Gasteiger charge is -1.98. The first-order valence-electron chi connectivity index (χ1n) is 5.66. The number of thioether (sulfide) groups is 1. The fourth-order valence-electron chi connectivity index (χ4n) is 1.21. The molecular weight excluding hydrogens is 318 g/mol. The van der Waals surface area contributed by atoms with Gasteiger partial charge < -0.3 is 4.74 Å². The molecule has 0 spiro atoms. The average molecular weight is 329 g/mol. The van der Waals surface area contributed by atoms with E-state index in [1.807, 2.05) is 5.38 Å². The summed E-state index contributed by atoms with van der Waals surface area (Å²) in [4.78, 5) is 23.6. The van der Waals surface area contributed by atoms with Crippen LogP contribution in [0.25, 0.3) is 0 Å². The number of anilines is 1. The van der Waals surface area contributed by atoms with E-state index >= 15 is 0 Å². The van der Waals surface area contributed by atoms with Gasteiger partial charge in [0, 0.05) is 0 Å². The van der Waals surface area contributed by atoms with Crippen LogP contribution >= 0.6 is 34.4 Å². The minimum absolute atomic E-state index is 0.182. The second kappa shape index (κ2) is 7.36. The van der Waals surface area contributed by atoms with Crippen LogP contribution in [0.3, 0.4) is 0 Å². The predicted molar refractivity (Wildman–Crippen MR) is 79.5 cm³/mol. The van der Waals surface area contributed by atoms with Crippen LogP contribution in [0.2, 0.25) is 0 Å². The molecule has 2 heterocycles. The Bertz CT molecular complexity index is 583. The maximum absolute atomic E-state index is 11.8. The summed E-state index contributed by atoms with van der Waals surface area (Å²) in [6.45, 7) is 2.11. The second-order valence-electron chi connectivity index (χ2n) is 3.40. The van der Waals surface area contributed by atoms with Crippen LogP contribution in [0.1, 0.15) is 16.6 Å². The molecule has 2 rings (SSSR count). The number of ether oxygens (including phenoxy) is 1. The second-order valence-corrected chi connectivity index (χ2v) is 6.55. The molecule has 0 aliphatic carbocycles. The molecule has 20 heavy (non-hydrogen) atoms. The SMILES string of the molecule is CCOC(=O)CSc1nnc(NC(=O)c2cccs2)s1. The highest BCUT2D eigenvalue weighted by Crippen LogP contribution is 2.26. The molecule has 6 nitrogen and oxygen atoms in total. The van der Waals surface area contributed by atoms with Gasteiger partial charge in [-0.2, -0.15) is 0 Å². The third-order valence-electron chi connectivity index (χ3n) is 1.99. The molecule has 0 fully saturated rings. The van der Waals surface area contributed by atoms with Crippen LogP contribution in [-0.4, -0.2) is 34.4 Å². The molecule has 106 valence electrons. The summed E-state index contributed by atoms with van der Waals surface area (Å²) in [7, 11) is 0. The number of rotatable bonds is 6. The minimum Gasteiger partial charge on any atom is -0.465 e. The van der Waals surface area contributed by atoms with Gasteiger partial charge in [0.25, 0.3) is 5.91 Å². The summed E-state index contributed by atoms with van der Waals surface area (Å²) in [6, 6.07) is 3.54. The summed E-state index contributed by atoms with van der Waals surface area (Å²) < 4.78 is 5.42. The molecule has 0 saturated carbocycles. The summed E-state index contributed by atoms with van der Waals surface area (Å²) in [5, 5.41) is 12.7. The van der Waals surface area contributed by atoms with Crippen molar-refractivity contribution in [2.45, 2.75) is 11.3 Å². The molecule has 1 N–H and O–H groups in total. The van der Waals surface area contributed by atoms with E-state index in [2.05, 4.69) is 15.5 Å². The number of hydrogen-bond donors (Lipinski definition) is 1. The lowest BCUT2D eigenvalue weighted by atomic mass is 10.4. The van der Waals surface area contributed by atoms with Crippen LogP contribution in [0.15, 0.2) is 21.9 Å². The van der Waals surface area contributed by atoms with Crippen molar-refractivity contribution in [1.29, 1.82) is 0 Å². The fraction of sp³-hybridized carbons (Fsp3) is 0.273. The zero-order valence-electron chi connectivity index (χ0n) is 10.5. The van der Waals surface area contributed by atoms with Gasteiger partial charge in [0.15, 0.2) is 4.34 Å². The van der Waals surface area contributed by atoms with Gasteiger partial charge >= 0.3 is 5.97 Å². The molecule has 0 atom stereocenters. The van der Waals surface area contributed by atoms with E-state index < -0.39 is 0 Å². The zero-order valence-corrected chi connectivity index (χ0v) is 12.9. The zero-order chi connectivity index (χ0) is 14.4. The Labute approximate surface area is 127 Å². The number of esters is 1. The Kier molecular flexibility index (Phi) is 5.50. The molecule has 1 amide bonds. The number of nitrogens with one attached hydrogen (secondary N) is 1. The van der Waals surface area contributed by atoms with Crippen molar-refractivity contribution >= 4 is 51.4 Å². The lowest BCUT2D eigenvalue weighted by Crippen LogP contribution is -2.09. The highest BCUT2D eigenvalue weighted by atomic mass is 32.2. The van der Waals surface area contributed by atoms with Crippen LogP contribution < -0.4 is 5.32 Å². The minimum atomic E-state index is -0.295. The number of amides is 1. The highest BCUT2D eigenvalue weighted by molar-refractivity contribution is 8.01. The molecule has 0 unspecified atom stereocenters. The molecule has 0 radical (unpaired) electrons.